The highest BCUT2D eigenvalue weighted by molar-refractivity contribution is 5.19. The lowest BCUT2D eigenvalue weighted by Crippen LogP contribution is -2.31. The maximum absolute atomic E-state index is 9.31. The van der Waals surface area contributed by atoms with Crippen LogP contribution in [-0.4, -0.2) is 37.9 Å². The van der Waals surface area contributed by atoms with Gasteiger partial charge in [0.05, 0.1) is 6.04 Å². The van der Waals surface area contributed by atoms with Crippen LogP contribution in [0.15, 0.2) is 36.7 Å². The Bertz CT molecular complexity index is 508. The molecule has 0 saturated carbocycles. The number of hydrogen-bond acceptors (Lipinski definition) is 4. The van der Waals surface area contributed by atoms with E-state index in [1.54, 1.807) is 6.33 Å². The molecule has 1 aromatic heterocycles. The third-order valence-corrected chi connectivity index (χ3v) is 3.64. The van der Waals surface area contributed by atoms with Crippen molar-refractivity contribution in [1.29, 1.82) is 0 Å². The summed E-state index contributed by atoms with van der Waals surface area (Å²) in [5.41, 5.74) is 1.27. The molecule has 0 amide bonds. The summed E-state index contributed by atoms with van der Waals surface area (Å²) in [4.78, 5) is 2.40. The van der Waals surface area contributed by atoms with Crippen molar-refractivity contribution in [3.8, 4) is 0 Å². The minimum absolute atomic E-state index is 0.0836. The molecule has 0 aliphatic heterocycles. The van der Waals surface area contributed by atoms with Gasteiger partial charge in [-0.25, -0.2) is 0 Å². The summed E-state index contributed by atoms with van der Waals surface area (Å²) in [7, 11) is 0. The van der Waals surface area contributed by atoms with Gasteiger partial charge >= 0.3 is 0 Å². The van der Waals surface area contributed by atoms with Crippen LogP contribution in [0.1, 0.15) is 31.3 Å². The molecule has 0 saturated heterocycles. The second-order valence-corrected chi connectivity index (χ2v) is 4.71. The Labute approximate surface area is 119 Å². The number of benzene rings is 1. The van der Waals surface area contributed by atoms with Gasteiger partial charge in [0, 0.05) is 6.54 Å². The Kier molecular flexibility index (Phi) is 5.26. The normalized spacial score (nSPS) is 12.8. The maximum Gasteiger partial charge on any atom is 0.158 e. The number of aliphatic hydroxyl groups is 1. The molecule has 2 rings (SSSR count). The first-order valence-corrected chi connectivity index (χ1v) is 7.06. The fourth-order valence-electron chi connectivity index (χ4n) is 2.51. The Morgan fingerprint density at radius 1 is 1.20 bits per heavy atom. The molecule has 2 aromatic rings. The van der Waals surface area contributed by atoms with Gasteiger partial charge < -0.3 is 9.67 Å². The minimum Gasteiger partial charge on any atom is -0.388 e. The van der Waals surface area contributed by atoms with Crippen LogP contribution in [0, 0.1) is 0 Å². The van der Waals surface area contributed by atoms with Crippen LogP contribution < -0.4 is 0 Å². The van der Waals surface area contributed by atoms with Crippen LogP contribution in [0.4, 0.5) is 0 Å². The van der Waals surface area contributed by atoms with E-state index >= 15 is 0 Å². The fraction of sp³-hybridized carbons (Fsp3) is 0.467. The van der Waals surface area contributed by atoms with Crippen molar-refractivity contribution in [3.05, 3.63) is 48.0 Å². The predicted molar refractivity (Wildman–Crippen MR) is 78.0 cm³/mol. The number of nitrogens with zero attached hydrogens (tertiary/aromatic N) is 4. The highest BCUT2D eigenvalue weighted by atomic mass is 16.3. The van der Waals surface area contributed by atoms with Crippen molar-refractivity contribution < 1.29 is 5.11 Å². The molecular weight excluding hydrogens is 252 g/mol. The van der Waals surface area contributed by atoms with Crippen molar-refractivity contribution in [2.75, 3.05) is 13.1 Å². The molecule has 0 spiro atoms. The van der Waals surface area contributed by atoms with E-state index in [9.17, 15) is 5.11 Å². The summed E-state index contributed by atoms with van der Waals surface area (Å²) in [6, 6.07) is 10.7. The highest BCUT2D eigenvalue weighted by Crippen LogP contribution is 2.22. The van der Waals surface area contributed by atoms with Crippen molar-refractivity contribution in [1.82, 2.24) is 19.7 Å². The van der Waals surface area contributed by atoms with Gasteiger partial charge in [0.1, 0.15) is 12.9 Å². The molecule has 0 fully saturated rings. The van der Waals surface area contributed by atoms with Crippen LogP contribution in [0.5, 0.6) is 0 Å². The summed E-state index contributed by atoms with van der Waals surface area (Å²) in [5, 5.41) is 17.1. The Morgan fingerprint density at radius 3 is 2.50 bits per heavy atom. The van der Waals surface area contributed by atoms with Crippen LogP contribution in [-0.2, 0) is 13.2 Å². The molecule has 1 unspecified atom stereocenters. The van der Waals surface area contributed by atoms with Crippen LogP contribution >= 0.6 is 0 Å². The monoisotopic (exact) mass is 274 g/mol. The predicted octanol–water partition coefficient (Wildman–Crippen LogP) is 1.85. The molecule has 0 bridgehead atoms. The van der Waals surface area contributed by atoms with Crippen molar-refractivity contribution in [2.24, 2.45) is 0 Å². The Morgan fingerprint density at radius 2 is 1.90 bits per heavy atom. The van der Waals surface area contributed by atoms with Crippen LogP contribution in [0.3, 0.4) is 0 Å². The molecule has 108 valence electrons. The van der Waals surface area contributed by atoms with Gasteiger partial charge in [0.2, 0.25) is 0 Å². The van der Waals surface area contributed by atoms with E-state index in [1.165, 1.54) is 5.56 Å². The quantitative estimate of drug-likeness (QED) is 0.837. The van der Waals surface area contributed by atoms with E-state index < -0.39 is 0 Å². The molecule has 1 heterocycles. The second kappa shape index (κ2) is 7.17. The molecular formula is C15H22N4O. The maximum atomic E-state index is 9.31. The smallest absolute Gasteiger partial charge is 0.158 e. The largest absolute Gasteiger partial charge is 0.388 e. The van der Waals surface area contributed by atoms with Gasteiger partial charge in [0.15, 0.2) is 5.82 Å². The highest BCUT2D eigenvalue weighted by Gasteiger charge is 2.19. The number of likely N-dealkylation sites (N-methyl/N-ethyl adjacent to an activating group) is 1. The zero-order chi connectivity index (χ0) is 14.4. The first-order valence-electron chi connectivity index (χ1n) is 7.06. The summed E-state index contributed by atoms with van der Waals surface area (Å²) >= 11 is 0. The Balaban J connectivity index is 2.27. The van der Waals surface area contributed by atoms with Crippen LogP contribution in [0.25, 0.3) is 0 Å². The summed E-state index contributed by atoms with van der Waals surface area (Å²) < 4.78 is 1.93. The number of aromatic nitrogens is 3. The molecule has 0 aliphatic carbocycles. The summed E-state index contributed by atoms with van der Waals surface area (Å²) in [6.07, 6.45) is 1.69. The van der Waals surface area contributed by atoms with E-state index in [1.807, 2.05) is 10.6 Å². The third kappa shape index (κ3) is 3.23. The molecule has 0 radical (unpaired) electrons. The minimum atomic E-state index is -0.0836. The topological polar surface area (TPSA) is 54.2 Å². The first kappa shape index (κ1) is 14.7. The molecule has 5 nitrogen and oxygen atoms in total. The lowest BCUT2D eigenvalue weighted by Gasteiger charge is -2.30. The number of hydrogen-bond donors (Lipinski definition) is 1. The number of aliphatic hydroxyl groups excluding tert-OH is 1. The summed E-state index contributed by atoms with van der Waals surface area (Å²) in [6.45, 7) is 6.95. The lowest BCUT2D eigenvalue weighted by atomic mass is 10.1. The van der Waals surface area contributed by atoms with Gasteiger partial charge in [-0.05, 0) is 18.7 Å². The molecule has 1 N–H and O–H groups in total. The van der Waals surface area contributed by atoms with E-state index in [-0.39, 0.29) is 12.6 Å². The molecule has 5 heteroatoms. The van der Waals surface area contributed by atoms with Gasteiger partial charge in [-0.1, -0.05) is 44.2 Å². The SMILES string of the molecule is CCN(CC)C(Cn1cnnc1CO)c1ccccc1. The van der Waals surface area contributed by atoms with Gasteiger partial charge in [-0.15, -0.1) is 10.2 Å². The van der Waals surface area contributed by atoms with Gasteiger partial charge in [0.25, 0.3) is 0 Å². The average Bonchev–Trinajstić information content (AvgIpc) is 2.95. The third-order valence-electron chi connectivity index (χ3n) is 3.64. The van der Waals surface area contributed by atoms with Crippen LogP contribution in [0.2, 0.25) is 0 Å². The molecule has 1 aromatic carbocycles. The second-order valence-electron chi connectivity index (χ2n) is 4.71. The van der Waals surface area contributed by atoms with E-state index in [0.29, 0.717) is 5.82 Å². The molecule has 0 aliphatic rings. The zero-order valence-electron chi connectivity index (χ0n) is 12.1. The lowest BCUT2D eigenvalue weighted by molar-refractivity contribution is 0.191. The van der Waals surface area contributed by atoms with Crippen molar-refractivity contribution >= 4 is 0 Å². The van der Waals surface area contributed by atoms with Crippen molar-refractivity contribution in [2.45, 2.75) is 33.0 Å². The average molecular weight is 274 g/mol. The Hall–Kier alpha value is -1.72. The molecule has 20 heavy (non-hydrogen) atoms. The standard InChI is InChI=1S/C15H22N4O/c1-3-18(4-2)14(13-8-6-5-7-9-13)10-19-12-16-17-15(19)11-20/h5-9,12,14,20H,3-4,10-11H2,1-2H3. The fourth-order valence-corrected chi connectivity index (χ4v) is 2.51. The van der Waals surface area contributed by atoms with E-state index in [4.69, 9.17) is 0 Å². The van der Waals surface area contributed by atoms with E-state index in [2.05, 4.69) is 53.2 Å². The first-order chi connectivity index (χ1) is 9.80. The van der Waals surface area contributed by atoms with Gasteiger partial charge in [-0.3, -0.25) is 4.90 Å². The number of rotatable bonds is 7. The summed E-state index contributed by atoms with van der Waals surface area (Å²) in [5.74, 6) is 0.609. The van der Waals surface area contributed by atoms with Gasteiger partial charge in [-0.2, -0.15) is 0 Å². The zero-order valence-corrected chi connectivity index (χ0v) is 12.1. The molecule has 1 atom stereocenters. The van der Waals surface area contributed by atoms with E-state index in [0.717, 1.165) is 19.6 Å². The van der Waals surface area contributed by atoms with Crippen molar-refractivity contribution in [3.63, 3.8) is 0 Å².